The standard InChI is InChI=1S/C39H66O6/c1-4-7-10-13-16-17-18-19-20-21-22-23-24-27-29-32-38(41)44-35-36(45-39(42)33-30-26-15-12-9-6-3)34-43-37(40)31-28-25-14-11-8-5-2/h7,10,16-17,19-20,22-23,36H,4-6,8-9,11-15,18,21,24-35H2,1-3H3/b10-7-,17-16-,20-19-,23-22-. The summed E-state index contributed by atoms with van der Waals surface area (Å²) in [5.41, 5.74) is 0. The van der Waals surface area contributed by atoms with Crippen LogP contribution in [0.4, 0.5) is 0 Å². The second-order valence-corrected chi connectivity index (χ2v) is 11.8. The predicted molar refractivity (Wildman–Crippen MR) is 187 cm³/mol. The van der Waals surface area contributed by atoms with E-state index in [1.807, 2.05) is 0 Å². The zero-order valence-electron chi connectivity index (χ0n) is 29.1. The Morgan fingerprint density at radius 1 is 0.467 bits per heavy atom. The summed E-state index contributed by atoms with van der Waals surface area (Å²) < 4.78 is 16.4. The Balaban J connectivity index is 4.34. The van der Waals surface area contributed by atoms with E-state index in [0.717, 1.165) is 83.5 Å². The largest absolute Gasteiger partial charge is 0.462 e. The van der Waals surface area contributed by atoms with Crippen molar-refractivity contribution in [1.82, 2.24) is 0 Å². The molecule has 0 aliphatic rings. The maximum Gasteiger partial charge on any atom is 0.306 e. The van der Waals surface area contributed by atoms with Crippen LogP contribution in [0.25, 0.3) is 0 Å². The fourth-order valence-electron chi connectivity index (χ4n) is 4.61. The third-order valence-electron chi connectivity index (χ3n) is 7.35. The minimum Gasteiger partial charge on any atom is -0.462 e. The SMILES string of the molecule is CC/C=C\C/C=C\C/C=C\C/C=C\CCCCC(=O)OCC(COC(=O)CCCCCCCC)OC(=O)CCCCCCCC. The zero-order valence-corrected chi connectivity index (χ0v) is 29.1. The zero-order chi connectivity index (χ0) is 33.1. The summed E-state index contributed by atoms with van der Waals surface area (Å²) in [5, 5.41) is 0. The molecule has 1 unspecified atom stereocenters. The van der Waals surface area contributed by atoms with E-state index in [1.54, 1.807) is 0 Å². The monoisotopic (exact) mass is 630 g/mol. The third-order valence-corrected chi connectivity index (χ3v) is 7.35. The molecular formula is C39H66O6. The lowest BCUT2D eigenvalue weighted by molar-refractivity contribution is -0.167. The molecule has 45 heavy (non-hydrogen) atoms. The fraction of sp³-hybridized carbons (Fsp3) is 0.718. The topological polar surface area (TPSA) is 78.9 Å². The van der Waals surface area contributed by atoms with Crippen LogP contribution in [0, 0.1) is 0 Å². The van der Waals surface area contributed by atoms with Crippen LogP contribution in [0.1, 0.15) is 162 Å². The predicted octanol–water partition coefficient (Wildman–Crippen LogP) is 10.9. The number of rotatable bonds is 31. The molecule has 1 atom stereocenters. The van der Waals surface area contributed by atoms with Gasteiger partial charge in [-0.05, 0) is 57.8 Å². The molecule has 0 aliphatic carbocycles. The number of carbonyl (C=O) groups excluding carboxylic acids is 3. The van der Waals surface area contributed by atoms with E-state index < -0.39 is 6.10 Å². The molecule has 0 fully saturated rings. The molecule has 6 nitrogen and oxygen atoms in total. The van der Waals surface area contributed by atoms with Gasteiger partial charge in [-0.2, -0.15) is 0 Å². The van der Waals surface area contributed by atoms with E-state index in [1.165, 1.54) is 38.5 Å². The quantitative estimate of drug-likeness (QED) is 0.0328. The van der Waals surface area contributed by atoms with E-state index in [0.29, 0.717) is 19.3 Å². The molecule has 0 saturated carbocycles. The Hall–Kier alpha value is -2.63. The first-order valence-electron chi connectivity index (χ1n) is 18.1. The maximum absolute atomic E-state index is 12.4. The summed E-state index contributed by atoms with van der Waals surface area (Å²) in [5.74, 6) is -0.961. The van der Waals surface area contributed by atoms with Gasteiger partial charge < -0.3 is 14.2 Å². The van der Waals surface area contributed by atoms with E-state index in [4.69, 9.17) is 14.2 Å². The number of hydrogen-bond donors (Lipinski definition) is 0. The molecule has 0 rings (SSSR count). The van der Waals surface area contributed by atoms with Crippen molar-refractivity contribution in [3.8, 4) is 0 Å². The minimum absolute atomic E-state index is 0.0873. The highest BCUT2D eigenvalue weighted by atomic mass is 16.6. The molecule has 0 aromatic carbocycles. The van der Waals surface area contributed by atoms with Crippen LogP contribution in [-0.4, -0.2) is 37.2 Å². The Morgan fingerprint density at radius 3 is 1.36 bits per heavy atom. The second-order valence-electron chi connectivity index (χ2n) is 11.8. The Labute approximate surface area is 276 Å². The highest BCUT2D eigenvalue weighted by Crippen LogP contribution is 2.11. The summed E-state index contributed by atoms with van der Waals surface area (Å²) in [4.78, 5) is 37.0. The third kappa shape index (κ3) is 32.6. The first-order valence-corrected chi connectivity index (χ1v) is 18.1. The van der Waals surface area contributed by atoms with Crippen LogP contribution in [0.3, 0.4) is 0 Å². The summed E-state index contributed by atoms with van der Waals surface area (Å²) >= 11 is 0. The Morgan fingerprint density at radius 2 is 0.867 bits per heavy atom. The van der Waals surface area contributed by atoms with E-state index in [2.05, 4.69) is 69.4 Å². The van der Waals surface area contributed by atoms with Crippen molar-refractivity contribution >= 4 is 17.9 Å². The molecule has 0 radical (unpaired) electrons. The van der Waals surface area contributed by atoms with Gasteiger partial charge in [-0.15, -0.1) is 0 Å². The Kier molecular flexibility index (Phi) is 32.2. The van der Waals surface area contributed by atoms with Crippen LogP contribution in [0.2, 0.25) is 0 Å². The maximum atomic E-state index is 12.4. The van der Waals surface area contributed by atoms with E-state index >= 15 is 0 Å². The van der Waals surface area contributed by atoms with Gasteiger partial charge in [0.25, 0.3) is 0 Å². The molecule has 0 bridgehead atoms. The van der Waals surface area contributed by atoms with Crippen LogP contribution in [0.5, 0.6) is 0 Å². The first-order chi connectivity index (χ1) is 22.0. The van der Waals surface area contributed by atoms with Crippen molar-refractivity contribution in [1.29, 1.82) is 0 Å². The van der Waals surface area contributed by atoms with Crippen LogP contribution >= 0.6 is 0 Å². The first kappa shape index (κ1) is 42.4. The van der Waals surface area contributed by atoms with E-state index in [9.17, 15) is 14.4 Å². The molecular weight excluding hydrogens is 564 g/mol. The van der Waals surface area contributed by atoms with Crippen molar-refractivity contribution in [3.63, 3.8) is 0 Å². The van der Waals surface area contributed by atoms with Gasteiger partial charge in [-0.25, -0.2) is 0 Å². The van der Waals surface area contributed by atoms with Crippen LogP contribution in [0.15, 0.2) is 48.6 Å². The summed E-state index contributed by atoms with van der Waals surface area (Å²) in [7, 11) is 0. The molecule has 0 aromatic heterocycles. The van der Waals surface area contributed by atoms with Gasteiger partial charge in [-0.1, -0.05) is 134 Å². The molecule has 0 spiro atoms. The van der Waals surface area contributed by atoms with Crippen molar-refractivity contribution in [2.45, 2.75) is 168 Å². The van der Waals surface area contributed by atoms with Crippen LogP contribution in [-0.2, 0) is 28.6 Å². The Bertz CT molecular complexity index is 825. The van der Waals surface area contributed by atoms with Crippen molar-refractivity contribution < 1.29 is 28.6 Å². The van der Waals surface area contributed by atoms with Crippen molar-refractivity contribution in [2.24, 2.45) is 0 Å². The lowest BCUT2D eigenvalue weighted by Gasteiger charge is -2.18. The number of carbonyl (C=O) groups is 3. The number of unbranched alkanes of at least 4 members (excludes halogenated alkanes) is 12. The number of hydrogen-bond acceptors (Lipinski definition) is 6. The van der Waals surface area contributed by atoms with Gasteiger partial charge in [0.15, 0.2) is 6.10 Å². The number of allylic oxidation sites excluding steroid dienone is 8. The molecule has 0 amide bonds. The van der Waals surface area contributed by atoms with E-state index in [-0.39, 0.29) is 31.1 Å². The fourth-order valence-corrected chi connectivity index (χ4v) is 4.61. The normalized spacial score (nSPS) is 12.5. The van der Waals surface area contributed by atoms with Gasteiger partial charge in [0.2, 0.25) is 0 Å². The van der Waals surface area contributed by atoms with Crippen molar-refractivity contribution in [2.75, 3.05) is 13.2 Å². The lowest BCUT2D eigenvalue weighted by atomic mass is 10.1. The average Bonchev–Trinajstić information content (AvgIpc) is 3.03. The second kappa shape index (κ2) is 34.2. The van der Waals surface area contributed by atoms with Gasteiger partial charge in [0.05, 0.1) is 0 Å². The van der Waals surface area contributed by atoms with Crippen molar-refractivity contribution in [3.05, 3.63) is 48.6 Å². The molecule has 0 aromatic rings. The summed E-state index contributed by atoms with van der Waals surface area (Å²) in [6, 6.07) is 0. The molecule has 0 aliphatic heterocycles. The lowest BCUT2D eigenvalue weighted by Crippen LogP contribution is -2.30. The van der Waals surface area contributed by atoms with Gasteiger partial charge in [0.1, 0.15) is 13.2 Å². The molecule has 0 saturated heterocycles. The average molecular weight is 631 g/mol. The smallest absolute Gasteiger partial charge is 0.306 e. The number of esters is 3. The summed E-state index contributed by atoms with van der Waals surface area (Å²) in [6.07, 6.45) is 37.1. The molecule has 0 heterocycles. The minimum atomic E-state index is -0.778. The van der Waals surface area contributed by atoms with Crippen LogP contribution < -0.4 is 0 Å². The number of ether oxygens (including phenoxy) is 3. The summed E-state index contributed by atoms with van der Waals surface area (Å²) in [6.45, 7) is 6.32. The molecule has 258 valence electrons. The van der Waals surface area contributed by atoms with Gasteiger partial charge in [-0.3, -0.25) is 14.4 Å². The van der Waals surface area contributed by atoms with Gasteiger partial charge in [0, 0.05) is 19.3 Å². The molecule has 0 N–H and O–H groups in total. The highest BCUT2D eigenvalue weighted by Gasteiger charge is 2.19. The molecule has 6 heteroatoms. The van der Waals surface area contributed by atoms with Gasteiger partial charge >= 0.3 is 17.9 Å². The highest BCUT2D eigenvalue weighted by molar-refractivity contribution is 5.71.